The Kier molecular flexibility index (Phi) is 3.14. The normalized spacial score (nSPS) is 27.6. The van der Waals surface area contributed by atoms with E-state index in [0.717, 1.165) is 0 Å². The van der Waals surface area contributed by atoms with Crippen LogP contribution < -0.4 is 0 Å². The van der Waals surface area contributed by atoms with Crippen LogP contribution in [-0.4, -0.2) is 26.1 Å². The van der Waals surface area contributed by atoms with Crippen LogP contribution in [0.5, 0.6) is 0 Å². The zero-order valence-corrected chi connectivity index (χ0v) is 12.5. The Hall–Kier alpha value is 0.137. The lowest BCUT2D eigenvalue weighted by Crippen LogP contribution is -2.45. The molecule has 2 nitrogen and oxygen atoms in total. The fraction of sp³-hybridized carbons (Fsp3) is 1.00. The fourth-order valence-electron chi connectivity index (χ4n) is 1.66. The van der Waals surface area contributed by atoms with Crippen molar-refractivity contribution < 1.29 is 9.16 Å². The maximum atomic E-state index is 6.28. The Morgan fingerprint density at radius 3 is 1.93 bits per heavy atom. The van der Waals surface area contributed by atoms with E-state index in [1.54, 1.807) is 0 Å². The van der Waals surface area contributed by atoms with E-state index in [4.69, 9.17) is 9.16 Å². The van der Waals surface area contributed by atoms with Crippen LogP contribution in [-0.2, 0) is 9.16 Å². The van der Waals surface area contributed by atoms with Gasteiger partial charge in [0.05, 0.1) is 11.7 Å². The van der Waals surface area contributed by atoms with Crippen molar-refractivity contribution in [3.05, 3.63) is 0 Å². The lowest BCUT2D eigenvalue weighted by atomic mass is 10.1. The number of hydrogen-bond donors (Lipinski definition) is 0. The molecule has 0 spiro atoms. The zero-order chi connectivity index (χ0) is 12.1. The molecule has 0 aliphatic carbocycles. The smallest absolute Gasteiger partial charge is 0.192 e. The maximum absolute atomic E-state index is 6.28. The van der Waals surface area contributed by atoms with E-state index in [-0.39, 0.29) is 22.8 Å². The van der Waals surface area contributed by atoms with Gasteiger partial charge in [0, 0.05) is 0 Å². The van der Waals surface area contributed by atoms with Gasteiger partial charge in [0.2, 0.25) is 0 Å². The molecule has 2 atom stereocenters. The predicted octanol–water partition coefficient (Wildman–Crippen LogP) is 3.57. The summed E-state index contributed by atoms with van der Waals surface area (Å²) in [5.41, 5.74) is 0.0295. The first kappa shape index (κ1) is 13.2. The van der Waals surface area contributed by atoms with Gasteiger partial charge in [0.1, 0.15) is 6.10 Å². The molecule has 90 valence electrons. The minimum atomic E-state index is -1.63. The number of epoxide rings is 1. The molecule has 0 amide bonds. The molecular formula is C12H26O2Si. The molecule has 0 saturated carbocycles. The quantitative estimate of drug-likeness (QED) is 0.546. The van der Waals surface area contributed by atoms with E-state index >= 15 is 0 Å². The van der Waals surface area contributed by atoms with Gasteiger partial charge in [-0.2, -0.15) is 0 Å². The van der Waals surface area contributed by atoms with E-state index in [2.05, 4.69) is 54.6 Å². The van der Waals surface area contributed by atoms with E-state index in [0.29, 0.717) is 0 Å². The molecule has 0 aromatic rings. The minimum absolute atomic E-state index is 0.0295. The Balaban J connectivity index is 2.56. The lowest BCUT2D eigenvalue weighted by Gasteiger charge is -2.38. The van der Waals surface area contributed by atoms with Crippen molar-refractivity contribution in [2.45, 2.75) is 77.5 Å². The first-order valence-corrected chi connectivity index (χ1v) is 8.74. The van der Waals surface area contributed by atoms with Gasteiger partial charge in [0.15, 0.2) is 8.32 Å². The molecule has 0 unspecified atom stereocenters. The van der Waals surface area contributed by atoms with Gasteiger partial charge in [-0.3, -0.25) is 0 Å². The van der Waals surface area contributed by atoms with Gasteiger partial charge in [-0.15, -0.1) is 0 Å². The second kappa shape index (κ2) is 3.57. The monoisotopic (exact) mass is 230 g/mol. The summed E-state index contributed by atoms with van der Waals surface area (Å²) < 4.78 is 11.9. The average molecular weight is 230 g/mol. The first-order valence-electron chi connectivity index (χ1n) is 5.83. The van der Waals surface area contributed by atoms with Gasteiger partial charge >= 0.3 is 0 Å². The second-order valence-electron chi connectivity index (χ2n) is 6.73. The molecule has 15 heavy (non-hydrogen) atoms. The van der Waals surface area contributed by atoms with E-state index in [1.807, 2.05) is 0 Å². The van der Waals surface area contributed by atoms with Crippen LogP contribution in [0.25, 0.3) is 0 Å². The number of hydrogen-bond acceptors (Lipinski definition) is 2. The van der Waals surface area contributed by atoms with Gasteiger partial charge in [-0.25, -0.2) is 0 Å². The molecule has 1 fully saturated rings. The molecule has 1 saturated heterocycles. The van der Waals surface area contributed by atoms with Crippen LogP contribution in [0.15, 0.2) is 0 Å². The molecule has 0 aromatic heterocycles. The lowest BCUT2D eigenvalue weighted by molar-refractivity contribution is 0.158. The average Bonchev–Trinajstić information content (AvgIpc) is 2.56. The summed E-state index contributed by atoms with van der Waals surface area (Å²) in [5, 5.41) is 0.278. The summed E-state index contributed by atoms with van der Waals surface area (Å²) in [5.74, 6) is 0. The van der Waals surface area contributed by atoms with Crippen LogP contribution in [0.1, 0.15) is 41.5 Å². The number of rotatable bonds is 3. The van der Waals surface area contributed by atoms with Crippen LogP contribution >= 0.6 is 0 Å². The van der Waals surface area contributed by atoms with Crippen molar-refractivity contribution in [1.29, 1.82) is 0 Å². The largest absolute Gasteiger partial charge is 0.411 e. The molecule has 1 heterocycles. The summed E-state index contributed by atoms with van der Waals surface area (Å²) in [6.45, 7) is 17.8. The Morgan fingerprint density at radius 1 is 1.27 bits per heavy atom. The standard InChI is InChI=1S/C12H26O2Si/c1-9(10-12(5,6)13-10)14-15(7,8)11(2,3)4/h9-10H,1-8H3/t9-,10-/m1/s1. The second-order valence-corrected chi connectivity index (χ2v) is 11.5. The molecule has 1 rings (SSSR count). The summed E-state index contributed by atoms with van der Waals surface area (Å²) in [6.07, 6.45) is 0.507. The Labute approximate surface area is 95.5 Å². The number of ether oxygens (including phenoxy) is 1. The van der Waals surface area contributed by atoms with E-state index in [1.165, 1.54) is 0 Å². The predicted molar refractivity (Wildman–Crippen MR) is 66.7 cm³/mol. The molecule has 3 heteroatoms. The minimum Gasteiger partial charge on any atom is -0.411 e. The van der Waals surface area contributed by atoms with Crippen LogP contribution in [0.2, 0.25) is 18.1 Å². The zero-order valence-electron chi connectivity index (χ0n) is 11.5. The van der Waals surface area contributed by atoms with Crippen molar-refractivity contribution >= 4 is 8.32 Å². The molecule has 1 aliphatic rings. The van der Waals surface area contributed by atoms with Gasteiger partial charge in [-0.05, 0) is 38.9 Å². The van der Waals surface area contributed by atoms with Crippen molar-refractivity contribution in [3.8, 4) is 0 Å². The molecule has 0 radical (unpaired) electrons. The summed E-state index contributed by atoms with van der Waals surface area (Å²) >= 11 is 0. The Bertz CT molecular complexity index is 240. The highest BCUT2D eigenvalue weighted by Gasteiger charge is 2.53. The third kappa shape index (κ3) is 2.83. The van der Waals surface area contributed by atoms with Gasteiger partial charge in [0.25, 0.3) is 0 Å². The topological polar surface area (TPSA) is 21.8 Å². The molecule has 0 aromatic carbocycles. The van der Waals surface area contributed by atoms with Crippen molar-refractivity contribution in [2.24, 2.45) is 0 Å². The van der Waals surface area contributed by atoms with Crippen molar-refractivity contribution in [1.82, 2.24) is 0 Å². The highest BCUT2D eigenvalue weighted by molar-refractivity contribution is 6.74. The third-order valence-electron chi connectivity index (χ3n) is 3.77. The molecule has 0 N–H and O–H groups in total. The Morgan fingerprint density at radius 2 is 1.67 bits per heavy atom. The van der Waals surface area contributed by atoms with Crippen LogP contribution in [0, 0.1) is 0 Å². The fourth-order valence-corrected chi connectivity index (χ4v) is 3.06. The van der Waals surface area contributed by atoms with Gasteiger partial charge < -0.3 is 9.16 Å². The highest BCUT2D eigenvalue weighted by atomic mass is 28.4. The van der Waals surface area contributed by atoms with E-state index in [9.17, 15) is 0 Å². The van der Waals surface area contributed by atoms with Crippen molar-refractivity contribution in [3.63, 3.8) is 0 Å². The first-order chi connectivity index (χ1) is 6.47. The van der Waals surface area contributed by atoms with Crippen molar-refractivity contribution in [2.75, 3.05) is 0 Å². The maximum Gasteiger partial charge on any atom is 0.192 e. The third-order valence-corrected chi connectivity index (χ3v) is 8.35. The molecule has 1 aliphatic heterocycles. The summed E-state index contributed by atoms with van der Waals surface area (Å²) in [4.78, 5) is 0. The molecular weight excluding hydrogens is 204 g/mol. The SMILES string of the molecule is C[C@@H](O[Si](C)(C)C(C)(C)C)[C@H]1OC1(C)C. The summed E-state index contributed by atoms with van der Waals surface area (Å²) in [6, 6.07) is 0. The summed E-state index contributed by atoms with van der Waals surface area (Å²) in [7, 11) is -1.63. The molecule has 0 bridgehead atoms. The highest BCUT2D eigenvalue weighted by Crippen LogP contribution is 2.43. The van der Waals surface area contributed by atoms with E-state index < -0.39 is 8.32 Å². The van der Waals surface area contributed by atoms with Gasteiger partial charge in [-0.1, -0.05) is 20.8 Å². The van der Waals surface area contributed by atoms with Crippen LogP contribution in [0.4, 0.5) is 0 Å². The van der Waals surface area contributed by atoms with Crippen LogP contribution in [0.3, 0.4) is 0 Å².